The maximum absolute atomic E-state index is 13.1. The van der Waals surface area contributed by atoms with Crippen LogP contribution < -0.4 is 4.18 Å². The van der Waals surface area contributed by atoms with Crippen molar-refractivity contribution in [2.75, 3.05) is 7.11 Å². The lowest BCUT2D eigenvalue weighted by atomic mass is 10.2. The average Bonchev–Trinajstić information content (AvgIpc) is 2.45. The summed E-state index contributed by atoms with van der Waals surface area (Å²) in [6.07, 6.45) is 0. The normalized spacial score (nSPS) is 11.0. The minimum Gasteiger partial charge on any atom is -0.465 e. The van der Waals surface area contributed by atoms with Crippen LogP contribution in [0.1, 0.15) is 10.4 Å². The largest absolute Gasteiger partial charge is 0.465 e. The van der Waals surface area contributed by atoms with Crippen molar-refractivity contribution in [2.45, 2.75) is 4.90 Å². The first-order valence-electron chi connectivity index (χ1n) is 5.91. The first kappa shape index (κ1) is 16.3. The average molecular weight is 345 g/mol. The number of hydrogen-bond acceptors (Lipinski definition) is 5. The Hall–Kier alpha value is -2.12. The highest BCUT2D eigenvalue weighted by atomic mass is 35.5. The van der Waals surface area contributed by atoms with E-state index in [4.69, 9.17) is 15.8 Å². The summed E-state index contributed by atoms with van der Waals surface area (Å²) < 4.78 is 46.6. The molecule has 0 bridgehead atoms. The molecule has 22 heavy (non-hydrogen) atoms. The van der Waals surface area contributed by atoms with Gasteiger partial charge < -0.3 is 8.92 Å². The van der Waals surface area contributed by atoms with E-state index in [0.29, 0.717) is 0 Å². The van der Waals surface area contributed by atoms with Crippen LogP contribution in [0.2, 0.25) is 5.02 Å². The SMILES string of the molecule is COC(=O)c1ccc(S(=O)(=O)Oc2cccc(F)c2)c(Cl)c1. The number of benzene rings is 2. The van der Waals surface area contributed by atoms with Gasteiger partial charge in [0.15, 0.2) is 0 Å². The molecule has 0 spiro atoms. The van der Waals surface area contributed by atoms with Gasteiger partial charge in [0.25, 0.3) is 0 Å². The fourth-order valence-corrected chi connectivity index (χ4v) is 3.08. The Balaban J connectivity index is 2.35. The van der Waals surface area contributed by atoms with Gasteiger partial charge in [-0.25, -0.2) is 9.18 Å². The van der Waals surface area contributed by atoms with Crippen molar-refractivity contribution in [3.05, 3.63) is 58.9 Å². The number of esters is 1. The Morgan fingerprint density at radius 1 is 1.18 bits per heavy atom. The van der Waals surface area contributed by atoms with Gasteiger partial charge in [-0.1, -0.05) is 17.7 Å². The van der Waals surface area contributed by atoms with Gasteiger partial charge in [0.1, 0.15) is 16.5 Å². The molecule has 0 atom stereocenters. The van der Waals surface area contributed by atoms with E-state index in [1.807, 2.05) is 0 Å². The summed E-state index contributed by atoms with van der Waals surface area (Å²) in [5.41, 5.74) is 0.0946. The Morgan fingerprint density at radius 2 is 1.91 bits per heavy atom. The molecule has 0 N–H and O–H groups in total. The summed E-state index contributed by atoms with van der Waals surface area (Å²) >= 11 is 5.87. The van der Waals surface area contributed by atoms with Crippen molar-refractivity contribution in [3.63, 3.8) is 0 Å². The van der Waals surface area contributed by atoms with Crippen molar-refractivity contribution < 1.29 is 26.5 Å². The van der Waals surface area contributed by atoms with Gasteiger partial charge in [-0.15, -0.1) is 0 Å². The summed E-state index contributed by atoms with van der Waals surface area (Å²) in [5, 5.41) is -0.209. The molecule has 0 aliphatic rings. The third-order valence-electron chi connectivity index (χ3n) is 2.62. The fourth-order valence-electron chi connectivity index (χ4n) is 1.64. The maximum Gasteiger partial charge on any atom is 0.340 e. The van der Waals surface area contributed by atoms with Crippen LogP contribution in [0.4, 0.5) is 4.39 Å². The van der Waals surface area contributed by atoms with E-state index in [9.17, 15) is 17.6 Å². The van der Waals surface area contributed by atoms with Crippen molar-refractivity contribution in [2.24, 2.45) is 0 Å². The number of carbonyl (C=O) groups is 1. The third kappa shape index (κ3) is 3.55. The number of methoxy groups -OCH3 is 1. The van der Waals surface area contributed by atoms with E-state index in [1.54, 1.807) is 0 Å². The van der Waals surface area contributed by atoms with Crippen LogP contribution in [0.15, 0.2) is 47.4 Å². The molecule has 0 saturated carbocycles. The zero-order chi connectivity index (χ0) is 16.3. The van der Waals surface area contributed by atoms with E-state index >= 15 is 0 Å². The van der Waals surface area contributed by atoms with E-state index in [0.717, 1.165) is 24.3 Å². The molecule has 0 aromatic heterocycles. The molecule has 0 aliphatic heterocycles. The number of rotatable bonds is 4. The van der Waals surface area contributed by atoms with Crippen LogP contribution >= 0.6 is 11.6 Å². The molecule has 0 fully saturated rings. The molecule has 2 aromatic rings. The Bertz CT molecular complexity index is 820. The topological polar surface area (TPSA) is 69.7 Å². The highest BCUT2D eigenvalue weighted by Crippen LogP contribution is 2.26. The smallest absolute Gasteiger partial charge is 0.340 e. The Kier molecular flexibility index (Phi) is 4.68. The molecule has 8 heteroatoms. The molecule has 0 radical (unpaired) electrons. The molecule has 5 nitrogen and oxygen atoms in total. The van der Waals surface area contributed by atoms with Crippen molar-refractivity contribution in [1.29, 1.82) is 0 Å². The molecule has 0 saturated heterocycles. The lowest BCUT2D eigenvalue weighted by molar-refractivity contribution is 0.0600. The van der Waals surface area contributed by atoms with Crippen molar-refractivity contribution in [3.8, 4) is 5.75 Å². The number of halogens is 2. The highest BCUT2D eigenvalue weighted by Gasteiger charge is 2.22. The van der Waals surface area contributed by atoms with Gasteiger partial charge in [0.2, 0.25) is 0 Å². The predicted molar refractivity (Wildman–Crippen MR) is 77.0 cm³/mol. The van der Waals surface area contributed by atoms with Crippen molar-refractivity contribution >= 4 is 27.7 Å². The second-order valence-corrected chi connectivity index (χ2v) is 6.05. The second kappa shape index (κ2) is 6.33. The molecule has 2 rings (SSSR count). The third-order valence-corrected chi connectivity index (χ3v) is 4.36. The van der Waals surface area contributed by atoms with Gasteiger partial charge >= 0.3 is 16.1 Å². The molecule has 0 unspecified atom stereocenters. The zero-order valence-corrected chi connectivity index (χ0v) is 12.8. The van der Waals surface area contributed by atoms with Gasteiger partial charge in [-0.3, -0.25) is 0 Å². The molecule has 0 amide bonds. The standard InChI is InChI=1S/C14H10ClFO5S/c1-20-14(17)9-5-6-13(12(15)7-9)22(18,19)21-11-4-2-3-10(16)8-11/h2-8H,1H3. The first-order chi connectivity index (χ1) is 10.3. The summed E-state index contributed by atoms with van der Waals surface area (Å²) in [5.74, 6) is -1.48. The number of hydrogen-bond donors (Lipinski definition) is 0. The Labute approximate surface area is 131 Å². The molecule has 2 aromatic carbocycles. The van der Waals surface area contributed by atoms with E-state index in [-0.39, 0.29) is 21.2 Å². The Morgan fingerprint density at radius 3 is 2.50 bits per heavy atom. The van der Waals surface area contributed by atoms with Crippen LogP contribution in [0.25, 0.3) is 0 Å². The summed E-state index contributed by atoms with van der Waals surface area (Å²) in [6, 6.07) is 8.17. The van der Waals surface area contributed by atoms with Crippen LogP contribution in [0.5, 0.6) is 5.75 Å². The van der Waals surface area contributed by atoms with Crippen LogP contribution in [0.3, 0.4) is 0 Å². The number of ether oxygens (including phenoxy) is 1. The monoisotopic (exact) mass is 344 g/mol. The van der Waals surface area contributed by atoms with E-state index in [1.165, 1.54) is 25.3 Å². The van der Waals surface area contributed by atoms with E-state index in [2.05, 4.69) is 4.74 Å². The predicted octanol–water partition coefficient (Wildman–Crippen LogP) is 3.03. The van der Waals surface area contributed by atoms with Crippen LogP contribution in [0, 0.1) is 5.82 Å². The summed E-state index contributed by atoms with van der Waals surface area (Å²) in [6.45, 7) is 0. The van der Waals surface area contributed by atoms with Gasteiger partial charge in [-0.2, -0.15) is 8.42 Å². The highest BCUT2D eigenvalue weighted by molar-refractivity contribution is 7.87. The summed E-state index contributed by atoms with van der Waals surface area (Å²) in [7, 11) is -3.07. The molecule has 116 valence electrons. The first-order valence-corrected chi connectivity index (χ1v) is 7.70. The lowest BCUT2D eigenvalue weighted by Crippen LogP contribution is -2.11. The van der Waals surface area contributed by atoms with Crippen LogP contribution in [-0.4, -0.2) is 21.5 Å². The molecule has 0 heterocycles. The van der Waals surface area contributed by atoms with E-state index < -0.39 is 21.9 Å². The van der Waals surface area contributed by atoms with Crippen LogP contribution in [-0.2, 0) is 14.9 Å². The minimum atomic E-state index is -4.26. The lowest BCUT2D eigenvalue weighted by Gasteiger charge is -2.09. The molecular formula is C14H10ClFO5S. The number of carbonyl (C=O) groups excluding carboxylic acids is 1. The fraction of sp³-hybridized carbons (Fsp3) is 0.0714. The van der Waals surface area contributed by atoms with Gasteiger partial charge in [0.05, 0.1) is 17.7 Å². The quantitative estimate of drug-likeness (QED) is 0.630. The van der Waals surface area contributed by atoms with Gasteiger partial charge in [-0.05, 0) is 30.3 Å². The van der Waals surface area contributed by atoms with Crippen molar-refractivity contribution in [1.82, 2.24) is 0 Å². The summed E-state index contributed by atoms with van der Waals surface area (Å²) in [4.78, 5) is 11.0. The molecule has 0 aliphatic carbocycles. The zero-order valence-electron chi connectivity index (χ0n) is 11.2. The van der Waals surface area contributed by atoms with Gasteiger partial charge in [0, 0.05) is 6.07 Å². The maximum atomic E-state index is 13.1. The molecular weight excluding hydrogens is 335 g/mol. The second-order valence-electron chi connectivity index (χ2n) is 4.13. The minimum absolute atomic E-state index is 0.0946.